The Balaban J connectivity index is 3.26. The third-order valence-corrected chi connectivity index (χ3v) is 0.143. The Morgan fingerprint density at radius 2 is 2.60 bits per heavy atom. The zero-order valence-electron chi connectivity index (χ0n) is 3.51. The zero-order valence-corrected chi connectivity index (χ0v) is 2.51. The molecule has 0 fully saturated rings. The number of hydrogen-bond donors (Lipinski definition) is 2. The van der Waals surface area contributed by atoms with E-state index in [1.54, 1.807) is 0 Å². The average Bonchev–Trinajstić information content (AvgIpc) is 1.36. The Hall–Kier alpha value is -0.570. The molecule has 0 bridgehead atoms. The fraction of sp³-hybridized carbons (Fsp3) is 0.500. The summed E-state index contributed by atoms with van der Waals surface area (Å²) >= 11 is 0. The number of carboxylic acids is 1. The Labute approximate surface area is 30.8 Å². The molecule has 30 valence electrons. The van der Waals surface area contributed by atoms with E-state index in [0.717, 1.165) is 0 Å². The molecule has 0 heterocycles. The first-order chi connectivity index (χ1) is 2.64. The number of hydrogen-bond acceptors (Lipinski definition) is 2. The van der Waals surface area contributed by atoms with Crippen molar-refractivity contribution in [2.45, 2.75) is 0 Å². The first-order valence-corrected chi connectivity index (χ1v) is 1.05. The minimum Gasteiger partial charge on any atom is -0.480 e. The second-order valence-electron chi connectivity index (χ2n) is 0.505. The molecule has 5 heavy (non-hydrogen) atoms. The van der Waals surface area contributed by atoms with E-state index in [2.05, 4.69) is 5.73 Å². The molecule has 0 aliphatic heterocycles. The maximum absolute atomic E-state index is 9.39. The number of carboxylic acid groups (broad SMARTS) is 1. The van der Waals surface area contributed by atoms with Crippen molar-refractivity contribution in [3.8, 4) is 0 Å². The van der Waals surface area contributed by atoms with Crippen LogP contribution in [0.5, 0.6) is 0 Å². The van der Waals surface area contributed by atoms with Crippen LogP contribution >= 0.6 is 0 Å². The van der Waals surface area contributed by atoms with Gasteiger partial charge in [0.2, 0.25) is 0 Å². The van der Waals surface area contributed by atoms with Crippen LogP contribution in [0.2, 0.25) is 0 Å². The van der Waals surface area contributed by atoms with Crippen LogP contribution in [0.4, 0.5) is 0 Å². The topological polar surface area (TPSA) is 63.3 Å². The minimum atomic E-state index is -1.48. The maximum Gasteiger partial charge on any atom is 0.317 e. The van der Waals surface area contributed by atoms with Gasteiger partial charge in [0.25, 0.3) is 0 Å². The highest BCUT2D eigenvalue weighted by Gasteiger charge is 1.81. The lowest BCUT2D eigenvalue weighted by Crippen LogP contribution is -2.10. The van der Waals surface area contributed by atoms with E-state index in [9.17, 15) is 4.79 Å². The molecular formula is C2H5NO2. The van der Waals surface area contributed by atoms with Gasteiger partial charge in [-0.1, -0.05) is 0 Å². The van der Waals surface area contributed by atoms with Crippen molar-refractivity contribution in [2.75, 3.05) is 6.52 Å². The summed E-state index contributed by atoms with van der Waals surface area (Å²) in [6.07, 6.45) is 0. The Bertz CT molecular complexity index is 62.6. The highest BCUT2D eigenvalue weighted by molar-refractivity contribution is 5.68. The summed E-state index contributed by atoms with van der Waals surface area (Å²) in [6, 6.07) is 0. The SMILES string of the molecule is [2H][C@@H](N)C(=O)O. The van der Waals surface area contributed by atoms with Gasteiger partial charge in [0.15, 0.2) is 0 Å². The van der Waals surface area contributed by atoms with Gasteiger partial charge < -0.3 is 10.8 Å². The van der Waals surface area contributed by atoms with Crippen LogP contribution in [0.25, 0.3) is 0 Å². The van der Waals surface area contributed by atoms with Crippen LogP contribution in [-0.2, 0) is 4.79 Å². The first-order valence-electron chi connectivity index (χ1n) is 1.63. The molecule has 0 unspecified atom stereocenters. The molecule has 0 aliphatic rings. The molecule has 0 aliphatic carbocycles. The third kappa shape index (κ3) is 3.43. The van der Waals surface area contributed by atoms with Gasteiger partial charge in [-0.3, -0.25) is 4.79 Å². The van der Waals surface area contributed by atoms with Crippen molar-refractivity contribution in [3.05, 3.63) is 0 Å². The number of rotatable bonds is 1. The van der Waals surface area contributed by atoms with Crippen LogP contribution in [0.15, 0.2) is 0 Å². The van der Waals surface area contributed by atoms with E-state index in [-0.39, 0.29) is 0 Å². The monoisotopic (exact) mass is 76.0 g/mol. The summed E-state index contributed by atoms with van der Waals surface area (Å²) < 4.78 is 6.21. The predicted octanol–water partition coefficient (Wildman–Crippen LogP) is -0.970. The first kappa shape index (κ1) is 2.66. The standard InChI is InChI=1S/C2H5NO2/c3-1-2(4)5/h1,3H2,(H,4,5)/i1D/t1-/m1/s1. The zero-order chi connectivity index (χ0) is 5.15. The van der Waals surface area contributed by atoms with E-state index in [1.807, 2.05) is 0 Å². The fourth-order valence-corrected chi connectivity index (χ4v) is 0. The smallest absolute Gasteiger partial charge is 0.317 e. The lowest BCUT2D eigenvalue weighted by molar-refractivity contribution is -0.135. The van der Waals surface area contributed by atoms with Crippen LogP contribution in [-0.4, -0.2) is 17.6 Å². The third-order valence-electron chi connectivity index (χ3n) is 0.143. The summed E-state index contributed by atoms with van der Waals surface area (Å²) in [4.78, 5) is 9.39. The van der Waals surface area contributed by atoms with Crippen LogP contribution in [0.3, 0.4) is 0 Å². The Kier molecular flexibility index (Phi) is 0.914. The summed E-state index contributed by atoms with van der Waals surface area (Å²) in [5.41, 5.74) is 4.50. The van der Waals surface area contributed by atoms with Crippen molar-refractivity contribution >= 4 is 5.97 Å². The molecule has 3 N–H and O–H groups in total. The lowest BCUT2D eigenvalue weighted by atomic mass is 10.7. The second-order valence-corrected chi connectivity index (χ2v) is 0.505. The lowest BCUT2D eigenvalue weighted by Gasteiger charge is -1.73. The molecule has 0 rings (SSSR count). The normalized spacial score (nSPS) is 16.6. The van der Waals surface area contributed by atoms with Crippen molar-refractivity contribution in [1.82, 2.24) is 0 Å². The van der Waals surface area contributed by atoms with Gasteiger partial charge >= 0.3 is 5.97 Å². The van der Waals surface area contributed by atoms with E-state index in [4.69, 9.17) is 6.48 Å². The molecule has 0 spiro atoms. The molecule has 1 atom stereocenters. The maximum atomic E-state index is 9.39. The van der Waals surface area contributed by atoms with E-state index in [1.165, 1.54) is 0 Å². The van der Waals surface area contributed by atoms with E-state index >= 15 is 0 Å². The summed E-state index contributed by atoms with van der Waals surface area (Å²) in [5.74, 6) is -1.30. The minimum absolute atomic E-state index is 1.30. The van der Waals surface area contributed by atoms with Crippen molar-refractivity contribution in [3.63, 3.8) is 0 Å². The molecule has 3 heteroatoms. The van der Waals surface area contributed by atoms with E-state index in [0.29, 0.717) is 0 Å². The molecule has 0 aromatic rings. The molecule has 0 saturated carbocycles. The summed E-state index contributed by atoms with van der Waals surface area (Å²) in [5, 5.41) is 7.68. The fourth-order valence-electron chi connectivity index (χ4n) is 0. The van der Waals surface area contributed by atoms with Crippen LogP contribution in [0, 0.1) is 0 Å². The summed E-state index contributed by atoms with van der Waals surface area (Å²) in [6.45, 7) is -1.48. The van der Waals surface area contributed by atoms with Gasteiger partial charge in [0.1, 0.15) is 0 Å². The van der Waals surface area contributed by atoms with Crippen molar-refractivity contribution in [2.24, 2.45) is 5.73 Å². The van der Waals surface area contributed by atoms with Crippen molar-refractivity contribution < 1.29 is 11.3 Å². The number of nitrogens with two attached hydrogens (primary N) is 1. The number of aliphatic carboxylic acids is 1. The molecular weight excluding hydrogens is 70.0 g/mol. The van der Waals surface area contributed by atoms with Gasteiger partial charge in [-0.25, -0.2) is 0 Å². The predicted molar refractivity (Wildman–Crippen MR) is 16.7 cm³/mol. The molecule has 0 aromatic carbocycles. The molecule has 0 amide bonds. The van der Waals surface area contributed by atoms with Gasteiger partial charge in [-0.05, 0) is 0 Å². The molecule has 3 nitrogen and oxygen atoms in total. The quantitative estimate of drug-likeness (QED) is 0.422. The van der Waals surface area contributed by atoms with E-state index < -0.39 is 12.5 Å². The van der Waals surface area contributed by atoms with Gasteiger partial charge in [-0.2, -0.15) is 0 Å². The van der Waals surface area contributed by atoms with Gasteiger partial charge in [0, 0.05) is 0 Å². The number of carbonyl (C=O) groups is 1. The Morgan fingerprint density at radius 3 is 2.60 bits per heavy atom. The van der Waals surface area contributed by atoms with Crippen molar-refractivity contribution in [1.29, 1.82) is 0 Å². The average molecular weight is 76.1 g/mol. The van der Waals surface area contributed by atoms with Crippen LogP contribution in [0.1, 0.15) is 1.37 Å². The molecule has 0 aromatic heterocycles. The highest BCUT2D eigenvalue weighted by atomic mass is 16.4. The largest absolute Gasteiger partial charge is 0.480 e. The second kappa shape index (κ2) is 1.72. The Morgan fingerprint density at radius 1 is 2.40 bits per heavy atom. The van der Waals surface area contributed by atoms with Gasteiger partial charge in [-0.15, -0.1) is 0 Å². The molecule has 0 saturated heterocycles. The highest BCUT2D eigenvalue weighted by Crippen LogP contribution is 1.43. The van der Waals surface area contributed by atoms with Crippen LogP contribution < -0.4 is 5.73 Å². The molecule has 0 radical (unpaired) electrons. The van der Waals surface area contributed by atoms with Gasteiger partial charge in [0.05, 0.1) is 7.89 Å². The summed E-state index contributed by atoms with van der Waals surface area (Å²) in [7, 11) is 0.